The van der Waals surface area contributed by atoms with Gasteiger partial charge in [0.15, 0.2) is 0 Å². The molecule has 1 aliphatic carbocycles. The summed E-state index contributed by atoms with van der Waals surface area (Å²) in [5, 5.41) is 4.52. The van der Waals surface area contributed by atoms with E-state index in [1.165, 1.54) is 24.0 Å². The van der Waals surface area contributed by atoms with Gasteiger partial charge in [-0.2, -0.15) is 0 Å². The van der Waals surface area contributed by atoms with Crippen LogP contribution in [0.15, 0.2) is 48.8 Å². The molecule has 0 radical (unpaired) electrons. The highest BCUT2D eigenvalue weighted by atomic mass is 35.5. The largest absolute Gasteiger partial charge is 0.307 e. The Balaban J connectivity index is 1.54. The molecule has 0 bridgehead atoms. The summed E-state index contributed by atoms with van der Waals surface area (Å²) < 4.78 is 0. The molecule has 104 valence electrons. The van der Waals surface area contributed by atoms with Gasteiger partial charge in [0, 0.05) is 29.5 Å². The normalized spacial score (nSPS) is 23.1. The molecular weight excluding hydrogens is 268 g/mol. The zero-order chi connectivity index (χ0) is 13.9. The summed E-state index contributed by atoms with van der Waals surface area (Å²) in [7, 11) is 0. The Hall–Kier alpha value is -1.38. The smallest absolute Gasteiger partial charge is 0.0408 e. The van der Waals surface area contributed by atoms with E-state index in [9.17, 15) is 0 Å². The molecule has 0 aliphatic heterocycles. The number of hydrogen-bond acceptors (Lipinski definition) is 2. The second-order valence-corrected chi connectivity index (χ2v) is 6.03. The summed E-state index contributed by atoms with van der Waals surface area (Å²) in [6.07, 6.45) is 6.08. The Kier molecular flexibility index (Phi) is 4.04. The number of benzene rings is 1. The lowest BCUT2D eigenvalue weighted by Gasteiger charge is -2.38. The minimum absolute atomic E-state index is 0.378. The van der Waals surface area contributed by atoms with E-state index in [0.717, 1.165) is 5.02 Å². The summed E-state index contributed by atoms with van der Waals surface area (Å²) in [4.78, 5) is 4.06. The molecule has 1 aromatic heterocycles. The van der Waals surface area contributed by atoms with Crippen molar-refractivity contribution < 1.29 is 0 Å². The summed E-state index contributed by atoms with van der Waals surface area (Å²) in [6.45, 7) is 2.21. The Morgan fingerprint density at radius 1 is 1.20 bits per heavy atom. The van der Waals surface area contributed by atoms with Gasteiger partial charge in [-0.25, -0.2) is 0 Å². The third-order valence-electron chi connectivity index (χ3n) is 4.15. The molecule has 1 fully saturated rings. The Morgan fingerprint density at radius 3 is 2.65 bits per heavy atom. The van der Waals surface area contributed by atoms with Crippen molar-refractivity contribution in [1.29, 1.82) is 0 Å². The Bertz CT molecular complexity index is 564. The van der Waals surface area contributed by atoms with Gasteiger partial charge >= 0.3 is 0 Å². The molecule has 20 heavy (non-hydrogen) atoms. The van der Waals surface area contributed by atoms with Gasteiger partial charge in [-0.3, -0.25) is 4.98 Å². The van der Waals surface area contributed by atoms with Gasteiger partial charge in [-0.1, -0.05) is 23.7 Å². The summed E-state index contributed by atoms with van der Waals surface area (Å²) in [5.41, 5.74) is 2.67. The molecule has 1 atom stereocenters. The van der Waals surface area contributed by atoms with Crippen LogP contribution in [0.25, 0.3) is 0 Å². The number of rotatable bonds is 4. The summed E-state index contributed by atoms with van der Waals surface area (Å²) in [5.74, 6) is 0.649. The maximum atomic E-state index is 6.05. The first kappa shape index (κ1) is 13.6. The second kappa shape index (κ2) is 5.94. The molecule has 0 amide bonds. The fourth-order valence-electron chi connectivity index (χ4n) is 2.89. The number of nitrogens with one attached hydrogen (secondary N) is 1. The molecule has 1 unspecified atom stereocenters. The lowest BCUT2D eigenvalue weighted by atomic mass is 9.75. The molecule has 3 heteroatoms. The van der Waals surface area contributed by atoms with E-state index in [1.807, 2.05) is 24.5 Å². The molecule has 3 rings (SSSR count). The molecule has 0 spiro atoms. The van der Waals surface area contributed by atoms with Gasteiger partial charge in [0.25, 0.3) is 0 Å². The topological polar surface area (TPSA) is 24.9 Å². The minimum Gasteiger partial charge on any atom is -0.307 e. The predicted molar refractivity (Wildman–Crippen MR) is 83.0 cm³/mol. The van der Waals surface area contributed by atoms with Gasteiger partial charge in [0.2, 0.25) is 0 Å². The maximum absolute atomic E-state index is 6.05. The van der Waals surface area contributed by atoms with Gasteiger partial charge in [0.1, 0.15) is 0 Å². The number of nitrogens with zero attached hydrogens (tertiary/aromatic N) is 1. The first-order chi connectivity index (χ1) is 9.72. The van der Waals surface area contributed by atoms with Crippen molar-refractivity contribution in [3.05, 3.63) is 64.9 Å². The third kappa shape index (κ3) is 3.02. The van der Waals surface area contributed by atoms with E-state index in [4.69, 9.17) is 11.6 Å². The van der Waals surface area contributed by atoms with Gasteiger partial charge in [-0.05, 0) is 61.1 Å². The van der Waals surface area contributed by atoms with E-state index in [-0.39, 0.29) is 0 Å². The van der Waals surface area contributed by atoms with Crippen molar-refractivity contribution in [2.24, 2.45) is 0 Å². The van der Waals surface area contributed by atoms with Crippen LogP contribution >= 0.6 is 11.6 Å². The van der Waals surface area contributed by atoms with E-state index in [2.05, 4.69) is 41.5 Å². The van der Waals surface area contributed by atoms with Gasteiger partial charge in [-0.15, -0.1) is 0 Å². The summed E-state index contributed by atoms with van der Waals surface area (Å²) >= 11 is 6.05. The molecule has 1 saturated carbocycles. The fraction of sp³-hybridized carbons (Fsp3) is 0.353. The molecule has 2 aromatic rings. The Morgan fingerprint density at radius 2 is 1.95 bits per heavy atom. The minimum atomic E-state index is 0.378. The van der Waals surface area contributed by atoms with Crippen LogP contribution in [-0.2, 0) is 0 Å². The Labute approximate surface area is 125 Å². The van der Waals surface area contributed by atoms with Crippen molar-refractivity contribution in [2.45, 2.75) is 37.8 Å². The van der Waals surface area contributed by atoms with E-state index in [0.29, 0.717) is 18.0 Å². The molecule has 1 aromatic carbocycles. The highest BCUT2D eigenvalue weighted by Gasteiger charge is 2.31. The van der Waals surface area contributed by atoms with Crippen LogP contribution in [0, 0.1) is 0 Å². The highest BCUT2D eigenvalue weighted by Crippen LogP contribution is 2.38. The van der Waals surface area contributed by atoms with Gasteiger partial charge < -0.3 is 5.32 Å². The monoisotopic (exact) mass is 286 g/mol. The van der Waals surface area contributed by atoms with E-state index >= 15 is 0 Å². The molecule has 0 saturated heterocycles. The zero-order valence-electron chi connectivity index (χ0n) is 11.6. The van der Waals surface area contributed by atoms with E-state index in [1.54, 1.807) is 0 Å². The first-order valence-corrected chi connectivity index (χ1v) is 7.51. The SMILES string of the molecule is CC(NC1CC(c2cccc(Cl)c2)C1)c1ccncc1. The second-order valence-electron chi connectivity index (χ2n) is 5.59. The van der Waals surface area contributed by atoms with Crippen LogP contribution in [0.2, 0.25) is 5.02 Å². The van der Waals surface area contributed by atoms with Crippen LogP contribution in [0.1, 0.15) is 42.9 Å². The number of aromatic nitrogens is 1. The zero-order valence-corrected chi connectivity index (χ0v) is 12.3. The lowest BCUT2D eigenvalue weighted by Crippen LogP contribution is -2.41. The van der Waals surface area contributed by atoms with Gasteiger partial charge in [0.05, 0.1) is 0 Å². The molecular formula is C17H19ClN2. The van der Waals surface area contributed by atoms with Crippen molar-refractivity contribution >= 4 is 11.6 Å². The van der Waals surface area contributed by atoms with Crippen LogP contribution in [0.4, 0.5) is 0 Å². The molecule has 2 nitrogen and oxygen atoms in total. The van der Waals surface area contributed by atoms with Crippen molar-refractivity contribution in [1.82, 2.24) is 10.3 Å². The van der Waals surface area contributed by atoms with Crippen LogP contribution in [0.5, 0.6) is 0 Å². The third-order valence-corrected chi connectivity index (χ3v) is 4.39. The average Bonchev–Trinajstić information content (AvgIpc) is 2.43. The van der Waals surface area contributed by atoms with Crippen LogP contribution in [0.3, 0.4) is 0 Å². The number of pyridine rings is 1. The molecule has 1 heterocycles. The highest BCUT2D eigenvalue weighted by molar-refractivity contribution is 6.30. The standard InChI is InChI=1S/C17H19ClN2/c1-12(13-5-7-19-8-6-13)20-17-10-15(11-17)14-3-2-4-16(18)9-14/h2-9,12,15,17,20H,10-11H2,1H3. The maximum Gasteiger partial charge on any atom is 0.0408 e. The van der Waals surface area contributed by atoms with Crippen LogP contribution in [-0.4, -0.2) is 11.0 Å². The predicted octanol–water partition coefficient (Wildman–Crippen LogP) is 4.33. The fourth-order valence-corrected chi connectivity index (χ4v) is 3.09. The molecule has 1 aliphatic rings. The lowest BCUT2D eigenvalue weighted by molar-refractivity contribution is 0.271. The van der Waals surface area contributed by atoms with Crippen LogP contribution < -0.4 is 5.32 Å². The van der Waals surface area contributed by atoms with Crippen molar-refractivity contribution in [2.75, 3.05) is 0 Å². The first-order valence-electron chi connectivity index (χ1n) is 7.14. The van der Waals surface area contributed by atoms with Crippen molar-refractivity contribution in [3.8, 4) is 0 Å². The number of halogens is 1. The summed E-state index contributed by atoms with van der Waals surface area (Å²) in [6, 6.07) is 13.4. The average molecular weight is 287 g/mol. The quantitative estimate of drug-likeness (QED) is 0.905. The van der Waals surface area contributed by atoms with E-state index < -0.39 is 0 Å². The van der Waals surface area contributed by atoms with Crippen molar-refractivity contribution in [3.63, 3.8) is 0 Å². The molecule has 1 N–H and O–H groups in total. The number of hydrogen-bond donors (Lipinski definition) is 1.